The third-order valence-electron chi connectivity index (χ3n) is 5.46. The van der Waals surface area contributed by atoms with Gasteiger partial charge in [-0.3, -0.25) is 4.79 Å². The third-order valence-corrected chi connectivity index (χ3v) is 5.46. The van der Waals surface area contributed by atoms with Crippen LogP contribution in [0.1, 0.15) is 33.4 Å². The van der Waals surface area contributed by atoms with Gasteiger partial charge >= 0.3 is 0 Å². The van der Waals surface area contributed by atoms with Crippen LogP contribution in [0.15, 0.2) is 23.0 Å². The summed E-state index contributed by atoms with van der Waals surface area (Å²) in [5.41, 5.74) is 9.04. The quantitative estimate of drug-likeness (QED) is 0.664. The second kappa shape index (κ2) is 5.59. The van der Waals surface area contributed by atoms with Gasteiger partial charge in [-0.25, -0.2) is 4.68 Å². The van der Waals surface area contributed by atoms with Gasteiger partial charge in [0.25, 0.3) is 5.56 Å². The van der Waals surface area contributed by atoms with Gasteiger partial charge in [-0.2, -0.15) is 5.10 Å². The zero-order valence-corrected chi connectivity index (χ0v) is 15.5. The van der Waals surface area contributed by atoms with Crippen molar-refractivity contribution in [2.75, 3.05) is 0 Å². The second-order valence-corrected chi connectivity index (χ2v) is 6.83. The molecule has 3 aromatic rings. The Hall–Kier alpha value is -2.42. The summed E-state index contributed by atoms with van der Waals surface area (Å²) in [6, 6.07) is 6.37. The Labute approximate surface area is 143 Å². The van der Waals surface area contributed by atoms with E-state index in [1.807, 2.05) is 6.92 Å². The number of benzene rings is 2. The first-order valence-corrected chi connectivity index (χ1v) is 8.29. The molecular weight excluding hydrogens is 296 g/mol. The van der Waals surface area contributed by atoms with Crippen LogP contribution in [-0.2, 0) is 7.05 Å². The van der Waals surface area contributed by atoms with Gasteiger partial charge in [-0.05, 0) is 81.0 Å². The molecule has 1 aromatic heterocycles. The van der Waals surface area contributed by atoms with Gasteiger partial charge in [-0.1, -0.05) is 12.1 Å². The van der Waals surface area contributed by atoms with E-state index in [-0.39, 0.29) is 5.56 Å². The molecule has 0 N–H and O–H groups in total. The fourth-order valence-electron chi connectivity index (χ4n) is 3.37. The number of rotatable bonds is 1. The van der Waals surface area contributed by atoms with Crippen LogP contribution in [0.2, 0.25) is 0 Å². The van der Waals surface area contributed by atoms with Crippen molar-refractivity contribution in [1.82, 2.24) is 9.78 Å². The molecule has 0 aliphatic carbocycles. The Morgan fingerprint density at radius 2 is 1.38 bits per heavy atom. The molecule has 24 heavy (non-hydrogen) atoms. The summed E-state index contributed by atoms with van der Waals surface area (Å²) in [4.78, 5) is 12.8. The Morgan fingerprint density at radius 3 is 1.96 bits per heavy atom. The summed E-state index contributed by atoms with van der Waals surface area (Å²) in [5.74, 6) is 0. The average Bonchev–Trinajstić information content (AvgIpc) is 2.55. The van der Waals surface area contributed by atoms with E-state index in [0.717, 1.165) is 33.2 Å². The van der Waals surface area contributed by atoms with E-state index < -0.39 is 0 Å². The first-order chi connectivity index (χ1) is 11.2. The minimum Gasteiger partial charge on any atom is -0.267 e. The smallest absolute Gasteiger partial charge is 0.267 e. The van der Waals surface area contributed by atoms with Crippen LogP contribution < -0.4 is 5.56 Å². The van der Waals surface area contributed by atoms with Crippen LogP contribution in [0.5, 0.6) is 0 Å². The zero-order valence-electron chi connectivity index (χ0n) is 15.5. The van der Waals surface area contributed by atoms with Crippen molar-refractivity contribution >= 4 is 10.8 Å². The molecule has 0 bridgehead atoms. The predicted octanol–water partition coefficient (Wildman–Crippen LogP) is 4.45. The van der Waals surface area contributed by atoms with E-state index in [1.54, 1.807) is 7.05 Å². The zero-order chi connectivity index (χ0) is 17.8. The molecule has 1 heterocycles. The van der Waals surface area contributed by atoms with Gasteiger partial charge in [0.2, 0.25) is 0 Å². The molecule has 0 fully saturated rings. The van der Waals surface area contributed by atoms with E-state index in [4.69, 9.17) is 0 Å². The molecule has 0 unspecified atom stereocenters. The highest BCUT2D eigenvalue weighted by atomic mass is 16.1. The lowest BCUT2D eigenvalue weighted by Crippen LogP contribution is -2.22. The fourth-order valence-corrected chi connectivity index (χ4v) is 3.37. The van der Waals surface area contributed by atoms with E-state index in [1.165, 1.54) is 26.9 Å². The van der Waals surface area contributed by atoms with Crippen molar-refractivity contribution in [2.45, 2.75) is 41.5 Å². The predicted molar refractivity (Wildman–Crippen MR) is 101 cm³/mol. The van der Waals surface area contributed by atoms with Crippen molar-refractivity contribution in [2.24, 2.45) is 7.05 Å². The number of hydrogen-bond acceptors (Lipinski definition) is 2. The summed E-state index contributed by atoms with van der Waals surface area (Å²) in [6.45, 7) is 12.6. The first kappa shape index (κ1) is 16.4. The molecule has 3 nitrogen and oxygen atoms in total. The van der Waals surface area contributed by atoms with Gasteiger partial charge < -0.3 is 0 Å². The highest BCUT2D eigenvalue weighted by Crippen LogP contribution is 2.33. The van der Waals surface area contributed by atoms with Crippen LogP contribution in [0.4, 0.5) is 0 Å². The first-order valence-electron chi connectivity index (χ1n) is 8.29. The SMILES string of the molecule is Cc1ccc(-c2nn(C)c(=O)c3c(C)c(C)c(C)c(C)c23)cc1C. The van der Waals surface area contributed by atoms with Crippen molar-refractivity contribution in [3.8, 4) is 11.3 Å². The van der Waals surface area contributed by atoms with Crippen molar-refractivity contribution in [3.63, 3.8) is 0 Å². The summed E-state index contributed by atoms with van der Waals surface area (Å²) in [5, 5.41) is 6.40. The molecule has 2 aromatic carbocycles. The molecular formula is C21H24N2O. The summed E-state index contributed by atoms with van der Waals surface area (Å²) >= 11 is 0. The van der Waals surface area contributed by atoms with Crippen molar-refractivity contribution in [1.29, 1.82) is 0 Å². The molecule has 3 rings (SSSR count). The number of nitrogens with zero attached hydrogens (tertiary/aromatic N) is 2. The maximum Gasteiger partial charge on any atom is 0.274 e. The number of fused-ring (bicyclic) bond motifs is 1. The van der Waals surface area contributed by atoms with E-state index in [0.29, 0.717) is 0 Å². The van der Waals surface area contributed by atoms with Gasteiger partial charge in [0.05, 0.1) is 11.1 Å². The lowest BCUT2D eigenvalue weighted by molar-refractivity contribution is 0.721. The van der Waals surface area contributed by atoms with Crippen LogP contribution in [-0.4, -0.2) is 9.78 Å². The molecule has 0 saturated heterocycles. The van der Waals surface area contributed by atoms with Gasteiger partial charge in [-0.15, -0.1) is 0 Å². The molecule has 124 valence electrons. The topological polar surface area (TPSA) is 34.9 Å². The molecule has 0 saturated carbocycles. The summed E-state index contributed by atoms with van der Waals surface area (Å²) in [6.07, 6.45) is 0. The molecule has 0 aliphatic rings. The fraction of sp³-hybridized carbons (Fsp3) is 0.333. The van der Waals surface area contributed by atoms with Gasteiger partial charge in [0, 0.05) is 18.0 Å². The summed E-state index contributed by atoms with van der Waals surface area (Å²) < 4.78 is 1.47. The van der Waals surface area contributed by atoms with E-state index in [2.05, 4.69) is 57.9 Å². The van der Waals surface area contributed by atoms with E-state index >= 15 is 0 Å². The van der Waals surface area contributed by atoms with Crippen LogP contribution in [0.3, 0.4) is 0 Å². The largest absolute Gasteiger partial charge is 0.274 e. The standard InChI is InChI=1S/C21H24N2O/c1-11-8-9-17(10-12(11)2)20-18-15(5)13(3)14(4)16(6)19(18)21(24)23(7)22-20/h8-10H,1-7H3. The number of hydrogen-bond donors (Lipinski definition) is 0. The maximum absolute atomic E-state index is 12.8. The van der Waals surface area contributed by atoms with E-state index in [9.17, 15) is 4.79 Å². The van der Waals surface area contributed by atoms with Crippen molar-refractivity contribution in [3.05, 3.63) is 61.9 Å². The van der Waals surface area contributed by atoms with Crippen LogP contribution >= 0.6 is 0 Å². The minimum atomic E-state index is -0.0266. The maximum atomic E-state index is 12.8. The molecule has 0 atom stereocenters. The molecule has 3 heteroatoms. The number of aromatic nitrogens is 2. The monoisotopic (exact) mass is 320 g/mol. The highest BCUT2D eigenvalue weighted by molar-refractivity contribution is 5.99. The lowest BCUT2D eigenvalue weighted by atomic mass is 9.90. The van der Waals surface area contributed by atoms with Gasteiger partial charge in [0.1, 0.15) is 0 Å². The van der Waals surface area contributed by atoms with Crippen molar-refractivity contribution < 1.29 is 0 Å². The molecule has 0 radical (unpaired) electrons. The molecule has 0 aliphatic heterocycles. The minimum absolute atomic E-state index is 0.0266. The molecule has 0 amide bonds. The number of aryl methyl sites for hydroxylation is 5. The third kappa shape index (κ3) is 2.27. The molecule has 0 spiro atoms. The second-order valence-electron chi connectivity index (χ2n) is 6.83. The Bertz CT molecular complexity index is 1040. The average molecular weight is 320 g/mol. The summed E-state index contributed by atoms with van der Waals surface area (Å²) in [7, 11) is 1.73. The van der Waals surface area contributed by atoms with Crippen LogP contribution in [0.25, 0.3) is 22.0 Å². The normalized spacial score (nSPS) is 11.3. The highest BCUT2D eigenvalue weighted by Gasteiger charge is 2.18. The Kier molecular flexibility index (Phi) is 3.83. The van der Waals surface area contributed by atoms with Crippen LogP contribution in [0, 0.1) is 41.5 Å². The Balaban J connectivity index is 2.56. The lowest BCUT2D eigenvalue weighted by Gasteiger charge is -2.17. The van der Waals surface area contributed by atoms with Gasteiger partial charge in [0.15, 0.2) is 0 Å². The Morgan fingerprint density at radius 1 is 0.792 bits per heavy atom.